The molecule has 0 aromatic carbocycles. The van der Waals surface area contributed by atoms with E-state index in [-0.39, 0.29) is 12.8 Å². The second-order valence-corrected chi connectivity index (χ2v) is 4.90. The minimum absolute atomic E-state index is 0.190. The van der Waals surface area contributed by atoms with Crippen LogP contribution in [0.15, 0.2) is 0 Å². The van der Waals surface area contributed by atoms with E-state index in [1.807, 2.05) is 0 Å². The number of aliphatic carboxylic acids is 2. The van der Waals surface area contributed by atoms with Gasteiger partial charge in [-0.15, -0.1) is 0 Å². The summed E-state index contributed by atoms with van der Waals surface area (Å²) in [4.78, 5) is 18.8. The van der Waals surface area contributed by atoms with Gasteiger partial charge in [0, 0.05) is 13.0 Å². The molecule has 0 bridgehead atoms. The van der Waals surface area contributed by atoms with Gasteiger partial charge in [-0.3, -0.25) is 4.79 Å². The summed E-state index contributed by atoms with van der Waals surface area (Å²) in [5, 5.41) is 15.2. The second-order valence-electron chi connectivity index (χ2n) is 3.14. The van der Waals surface area contributed by atoms with Gasteiger partial charge in [0.1, 0.15) is 0 Å². The number of carbonyl (C=O) groups is 2. The largest absolute Gasteiger partial charge is 0.511 e. The van der Waals surface area contributed by atoms with Gasteiger partial charge >= 0.3 is 33.6 Å². The van der Waals surface area contributed by atoms with Gasteiger partial charge in [-0.2, -0.15) is 26.3 Å². The van der Waals surface area contributed by atoms with Crippen molar-refractivity contribution in [3.63, 3.8) is 0 Å². The zero-order valence-electron chi connectivity index (χ0n) is 9.82. The van der Waals surface area contributed by atoms with Gasteiger partial charge in [0.25, 0.3) is 0 Å². The topological polar surface area (TPSA) is 121 Å². The van der Waals surface area contributed by atoms with E-state index in [0.29, 0.717) is 0 Å². The number of carboxylic acid groups (broad SMARTS) is 2. The lowest BCUT2D eigenvalue weighted by molar-refractivity contribution is -0.192. The van der Waals surface area contributed by atoms with Crippen LogP contribution in [0.3, 0.4) is 0 Å². The maximum Gasteiger partial charge on any atom is 0.511 e. The first-order chi connectivity index (χ1) is 9.11. The Morgan fingerprint density at radius 3 is 1.62 bits per heavy atom. The number of sulfonamides is 1. The average molecular weight is 349 g/mol. The SMILES string of the molecule is O=C(O)C(F)(F)F.O=C(O)CCCNS(=O)(=O)C(F)(F)F. The Balaban J connectivity index is 0. The van der Waals surface area contributed by atoms with E-state index in [1.54, 1.807) is 0 Å². The maximum absolute atomic E-state index is 11.7. The summed E-state index contributed by atoms with van der Waals surface area (Å²) in [5.41, 5.74) is -5.35. The second kappa shape index (κ2) is 8.02. The molecule has 0 unspecified atom stereocenters. The molecule has 0 heterocycles. The van der Waals surface area contributed by atoms with Crippen molar-refractivity contribution in [1.82, 2.24) is 4.72 Å². The minimum atomic E-state index is -5.35. The minimum Gasteiger partial charge on any atom is -0.481 e. The summed E-state index contributed by atoms with van der Waals surface area (Å²) >= 11 is 0. The van der Waals surface area contributed by atoms with Crippen LogP contribution in [0.2, 0.25) is 0 Å². The molecule has 0 aliphatic rings. The van der Waals surface area contributed by atoms with Crippen molar-refractivity contribution < 1.29 is 54.6 Å². The third kappa shape index (κ3) is 10.8. The van der Waals surface area contributed by atoms with Gasteiger partial charge in [-0.1, -0.05) is 0 Å². The van der Waals surface area contributed by atoms with Crippen molar-refractivity contribution in [3.05, 3.63) is 0 Å². The lowest BCUT2D eigenvalue weighted by atomic mass is 10.3. The summed E-state index contributed by atoms with van der Waals surface area (Å²) in [6.07, 6.45) is -5.66. The molecule has 3 N–H and O–H groups in total. The summed E-state index contributed by atoms with van der Waals surface area (Å²) in [6.45, 7) is -0.547. The first-order valence-electron chi connectivity index (χ1n) is 4.69. The van der Waals surface area contributed by atoms with Crippen LogP contribution in [0, 0.1) is 0 Å². The van der Waals surface area contributed by atoms with E-state index in [0.717, 1.165) is 0 Å². The third-order valence-corrected chi connectivity index (χ3v) is 2.60. The van der Waals surface area contributed by atoms with Crippen LogP contribution in [-0.2, 0) is 19.6 Å². The van der Waals surface area contributed by atoms with E-state index >= 15 is 0 Å². The molecular formula is C7H9F6NO6S. The molecule has 14 heteroatoms. The highest BCUT2D eigenvalue weighted by atomic mass is 32.2. The monoisotopic (exact) mass is 349 g/mol. The zero-order chi connectivity index (χ0) is 17.5. The number of hydrogen-bond donors (Lipinski definition) is 3. The van der Waals surface area contributed by atoms with Crippen molar-refractivity contribution in [2.45, 2.75) is 24.5 Å². The summed E-state index contributed by atoms with van der Waals surface area (Å²) in [5.74, 6) is -3.95. The van der Waals surface area contributed by atoms with Crippen molar-refractivity contribution in [2.75, 3.05) is 6.54 Å². The van der Waals surface area contributed by atoms with Crippen molar-refractivity contribution in [2.24, 2.45) is 0 Å². The number of halogens is 6. The Morgan fingerprint density at radius 2 is 1.38 bits per heavy atom. The average Bonchev–Trinajstić information content (AvgIpc) is 2.22. The number of hydrogen-bond acceptors (Lipinski definition) is 4. The molecule has 0 rings (SSSR count). The summed E-state index contributed by atoms with van der Waals surface area (Å²) in [6, 6.07) is 0. The van der Waals surface area contributed by atoms with Gasteiger partial charge in [-0.25, -0.2) is 17.9 Å². The molecule has 0 aliphatic heterocycles. The highest BCUT2D eigenvalue weighted by molar-refractivity contribution is 7.90. The number of carboxylic acids is 2. The van der Waals surface area contributed by atoms with Gasteiger partial charge in [0.2, 0.25) is 0 Å². The van der Waals surface area contributed by atoms with E-state index < -0.39 is 40.2 Å². The van der Waals surface area contributed by atoms with Crippen molar-refractivity contribution in [1.29, 1.82) is 0 Å². The number of nitrogens with one attached hydrogen (secondary N) is 1. The van der Waals surface area contributed by atoms with Crippen LogP contribution in [0.1, 0.15) is 12.8 Å². The Hall–Kier alpha value is -1.57. The van der Waals surface area contributed by atoms with E-state index in [9.17, 15) is 39.6 Å². The fraction of sp³-hybridized carbons (Fsp3) is 0.714. The van der Waals surface area contributed by atoms with Crippen LogP contribution >= 0.6 is 0 Å². The van der Waals surface area contributed by atoms with Crippen LogP contribution in [-0.4, -0.2) is 48.8 Å². The number of rotatable bonds is 5. The molecule has 126 valence electrons. The van der Waals surface area contributed by atoms with Crippen molar-refractivity contribution in [3.8, 4) is 0 Å². The molecule has 0 amide bonds. The molecule has 0 atom stereocenters. The predicted molar refractivity (Wildman–Crippen MR) is 53.5 cm³/mol. The smallest absolute Gasteiger partial charge is 0.481 e. The molecule has 21 heavy (non-hydrogen) atoms. The fourth-order valence-electron chi connectivity index (χ4n) is 0.528. The normalized spacial score (nSPS) is 12.3. The quantitative estimate of drug-likeness (QED) is 0.501. The van der Waals surface area contributed by atoms with Crippen LogP contribution < -0.4 is 4.72 Å². The highest BCUT2D eigenvalue weighted by Gasteiger charge is 2.45. The van der Waals surface area contributed by atoms with Crippen LogP contribution in [0.5, 0.6) is 0 Å². The molecule has 0 saturated carbocycles. The zero-order valence-corrected chi connectivity index (χ0v) is 10.6. The summed E-state index contributed by atoms with van der Waals surface area (Å²) in [7, 11) is -5.34. The number of alkyl halides is 6. The van der Waals surface area contributed by atoms with Gasteiger partial charge in [-0.05, 0) is 6.42 Å². The van der Waals surface area contributed by atoms with E-state index in [2.05, 4.69) is 0 Å². The fourth-order valence-corrected chi connectivity index (χ4v) is 1.10. The van der Waals surface area contributed by atoms with E-state index in [1.165, 1.54) is 4.72 Å². The van der Waals surface area contributed by atoms with Crippen LogP contribution in [0.4, 0.5) is 26.3 Å². The molecule has 7 nitrogen and oxygen atoms in total. The first-order valence-corrected chi connectivity index (χ1v) is 6.17. The maximum atomic E-state index is 11.7. The molecule has 0 aliphatic carbocycles. The molecule has 0 aromatic rings. The molecule has 0 fully saturated rings. The first kappa shape index (κ1) is 21.7. The van der Waals surface area contributed by atoms with E-state index in [4.69, 9.17) is 15.0 Å². The Morgan fingerprint density at radius 1 is 1.00 bits per heavy atom. The standard InChI is InChI=1S/C5H8F3NO4S.C2HF3O2/c6-5(7,8)14(12,13)9-3-1-2-4(10)11;3-2(4,5)1(6)7/h9H,1-3H2,(H,10,11);(H,6,7). The molecule has 0 aromatic heterocycles. The summed E-state index contributed by atoms with van der Waals surface area (Å²) < 4.78 is 88.6. The van der Waals surface area contributed by atoms with Gasteiger partial charge < -0.3 is 10.2 Å². The lowest BCUT2D eigenvalue weighted by Gasteiger charge is -2.08. The van der Waals surface area contributed by atoms with Gasteiger partial charge in [0.05, 0.1) is 0 Å². The molecule has 0 spiro atoms. The molecule has 0 saturated heterocycles. The third-order valence-electron chi connectivity index (χ3n) is 1.41. The molecule has 0 radical (unpaired) electrons. The van der Waals surface area contributed by atoms with Gasteiger partial charge in [0.15, 0.2) is 0 Å². The lowest BCUT2D eigenvalue weighted by Crippen LogP contribution is -2.37. The molecular weight excluding hydrogens is 340 g/mol. The van der Waals surface area contributed by atoms with Crippen LogP contribution in [0.25, 0.3) is 0 Å². The predicted octanol–water partition coefficient (Wildman–Crippen LogP) is 0.924. The Labute approximate surface area is 113 Å². The Bertz CT molecular complexity index is 455. The Kier molecular flexibility index (Phi) is 8.29. The highest BCUT2D eigenvalue weighted by Crippen LogP contribution is 2.21. The van der Waals surface area contributed by atoms with Crippen molar-refractivity contribution >= 4 is 22.0 Å².